The highest BCUT2D eigenvalue weighted by atomic mass is 32.1. The van der Waals surface area contributed by atoms with Crippen LogP contribution in [0.2, 0.25) is 0 Å². The molecule has 4 heteroatoms. The average molecular weight is 276 g/mol. The van der Waals surface area contributed by atoms with Gasteiger partial charge in [0.25, 0.3) is 5.56 Å². The number of nitrogens with zero attached hydrogens (tertiary/aromatic N) is 2. The second-order valence-electron chi connectivity index (χ2n) is 4.78. The summed E-state index contributed by atoms with van der Waals surface area (Å²) in [4.78, 5) is 16.5. The van der Waals surface area contributed by atoms with Crippen LogP contribution in [0.15, 0.2) is 29.1 Å². The molecule has 0 aliphatic carbocycles. The minimum absolute atomic E-state index is 0.0351. The number of fused-ring (bicyclic) bond motifs is 1. The molecule has 0 saturated carbocycles. The van der Waals surface area contributed by atoms with E-state index < -0.39 is 0 Å². The van der Waals surface area contributed by atoms with E-state index >= 15 is 0 Å². The van der Waals surface area contributed by atoms with Crippen molar-refractivity contribution >= 4 is 23.7 Å². The van der Waals surface area contributed by atoms with Crippen LogP contribution in [-0.2, 0) is 6.54 Å². The van der Waals surface area contributed by atoms with Crippen molar-refractivity contribution < 1.29 is 0 Å². The van der Waals surface area contributed by atoms with Gasteiger partial charge in [0, 0.05) is 6.54 Å². The number of benzene rings is 1. The lowest BCUT2D eigenvalue weighted by Gasteiger charge is -2.10. The Morgan fingerprint density at radius 1 is 1.16 bits per heavy atom. The highest BCUT2D eigenvalue weighted by molar-refractivity contribution is 7.80. The highest BCUT2D eigenvalue weighted by Crippen LogP contribution is 2.11. The molecule has 2 aromatic rings. The number of thiol groups is 1. The summed E-state index contributed by atoms with van der Waals surface area (Å²) in [5.41, 5.74) is 2.45. The molecule has 0 unspecified atom stereocenters. The maximum Gasteiger partial charge on any atom is 0.272 e. The summed E-state index contributed by atoms with van der Waals surface area (Å²) in [6.07, 6.45) is 4.50. The van der Waals surface area contributed by atoms with E-state index in [0.29, 0.717) is 5.69 Å². The molecule has 1 aromatic heterocycles. The van der Waals surface area contributed by atoms with Crippen LogP contribution in [0.1, 0.15) is 31.4 Å². The van der Waals surface area contributed by atoms with E-state index in [1.54, 1.807) is 6.92 Å². The topological polar surface area (TPSA) is 34.9 Å². The van der Waals surface area contributed by atoms with Gasteiger partial charge in [0.2, 0.25) is 0 Å². The molecule has 3 nitrogen and oxygen atoms in total. The van der Waals surface area contributed by atoms with Gasteiger partial charge in [0.05, 0.1) is 11.0 Å². The third-order valence-electron chi connectivity index (χ3n) is 3.31. The summed E-state index contributed by atoms with van der Waals surface area (Å²) in [6.45, 7) is 2.56. The molecule has 0 saturated heterocycles. The summed E-state index contributed by atoms with van der Waals surface area (Å²) < 4.78 is 1.86. The minimum Gasteiger partial charge on any atom is -0.305 e. The van der Waals surface area contributed by atoms with Crippen molar-refractivity contribution in [1.82, 2.24) is 9.55 Å². The zero-order valence-electron chi connectivity index (χ0n) is 11.3. The van der Waals surface area contributed by atoms with E-state index in [-0.39, 0.29) is 5.56 Å². The Labute approximate surface area is 119 Å². The lowest BCUT2D eigenvalue weighted by Crippen LogP contribution is -2.24. The Hall–Kier alpha value is -1.29. The largest absolute Gasteiger partial charge is 0.305 e. The van der Waals surface area contributed by atoms with Crippen LogP contribution < -0.4 is 5.56 Å². The molecule has 0 radical (unpaired) electrons. The number of hydrogen-bond acceptors (Lipinski definition) is 3. The lowest BCUT2D eigenvalue weighted by molar-refractivity contribution is 0.581. The van der Waals surface area contributed by atoms with Crippen molar-refractivity contribution in [2.24, 2.45) is 0 Å². The monoisotopic (exact) mass is 276 g/mol. The molecule has 2 rings (SSSR count). The van der Waals surface area contributed by atoms with Crippen LogP contribution in [0.25, 0.3) is 11.0 Å². The normalized spacial score (nSPS) is 11.1. The van der Waals surface area contributed by atoms with Crippen LogP contribution in [0.5, 0.6) is 0 Å². The SMILES string of the molecule is Cc1nc2ccccc2n(CCCCCCS)c1=O. The summed E-state index contributed by atoms with van der Waals surface area (Å²) in [7, 11) is 0. The predicted octanol–water partition coefficient (Wildman–Crippen LogP) is 3.20. The number of unbranched alkanes of at least 4 members (excludes halogenated alkanes) is 3. The Bertz CT molecular complexity index is 607. The average Bonchev–Trinajstić information content (AvgIpc) is 2.42. The second kappa shape index (κ2) is 6.75. The summed E-state index contributed by atoms with van der Waals surface area (Å²) in [5, 5.41) is 0. The van der Waals surface area contributed by atoms with Crippen molar-refractivity contribution in [2.45, 2.75) is 39.2 Å². The first-order valence-corrected chi connectivity index (χ1v) is 7.44. The molecule has 0 bridgehead atoms. The summed E-state index contributed by atoms with van der Waals surface area (Å²) in [5.74, 6) is 0.942. The number of aryl methyl sites for hydroxylation is 2. The van der Waals surface area contributed by atoms with Crippen molar-refractivity contribution in [2.75, 3.05) is 5.75 Å². The fourth-order valence-corrected chi connectivity index (χ4v) is 2.50. The van der Waals surface area contributed by atoms with Crippen LogP contribution in [0, 0.1) is 6.92 Å². The van der Waals surface area contributed by atoms with Crippen molar-refractivity contribution in [1.29, 1.82) is 0 Å². The van der Waals surface area contributed by atoms with Gasteiger partial charge in [0.15, 0.2) is 0 Å². The Kier molecular flexibility index (Phi) is 5.02. The molecule has 1 aromatic carbocycles. The minimum atomic E-state index is 0.0351. The lowest BCUT2D eigenvalue weighted by atomic mass is 10.2. The Balaban J connectivity index is 2.21. The smallest absolute Gasteiger partial charge is 0.272 e. The molecule has 0 aliphatic rings. The summed E-state index contributed by atoms with van der Waals surface area (Å²) >= 11 is 4.21. The highest BCUT2D eigenvalue weighted by Gasteiger charge is 2.06. The molecule has 1 heterocycles. The first-order chi connectivity index (χ1) is 9.24. The number of hydrogen-bond donors (Lipinski definition) is 1. The van der Waals surface area contributed by atoms with Gasteiger partial charge >= 0.3 is 0 Å². The van der Waals surface area contributed by atoms with E-state index in [0.717, 1.165) is 42.6 Å². The van der Waals surface area contributed by atoms with E-state index in [4.69, 9.17) is 0 Å². The van der Waals surface area contributed by atoms with Crippen molar-refractivity contribution in [3.8, 4) is 0 Å². The molecule has 0 fully saturated rings. The second-order valence-corrected chi connectivity index (χ2v) is 5.23. The van der Waals surface area contributed by atoms with E-state index in [9.17, 15) is 4.79 Å². The molecule has 0 aliphatic heterocycles. The van der Waals surface area contributed by atoms with Crippen LogP contribution in [0.4, 0.5) is 0 Å². The Morgan fingerprint density at radius 2 is 1.89 bits per heavy atom. The molecule has 0 atom stereocenters. The maximum absolute atomic E-state index is 12.2. The molecular formula is C15H20N2OS. The van der Waals surface area contributed by atoms with Gasteiger partial charge in [-0.2, -0.15) is 12.6 Å². The first-order valence-electron chi connectivity index (χ1n) is 6.81. The quantitative estimate of drug-likeness (QED) is 0.649. The van der Waals surface area contributed by atoms with Gasteiger partial charge in [-0.1, -0.05) is 25.0 Å². The first kappa shape index (κ1) is 14.1. The molecular weight excluding hydrogens is 256 g/mol. The van der Waals surface area contributed by atoms with Crippen molar-refractivity contribution in [3.05, 3.63) is 40.3 Å². The fourth-order valence-electron chi connectivity index (χ4n) is 2.28. The van der Waals surface area contributed by atoms with Gasteiger partial charge in [0.1, 0.15) is 5.69 Å². The number of aromatic nitrogens is 2. The van der Waals surface area contributed by atoms with Gasteiger partial charge in [-0.3, -0.25) is 4.79 Å². The van der Waals surface area contributed by atoms with Crippen molar-refractivity contribution in [3.63, 3.8) is 0 Å². The van der Waals surface area contributed by atoms with Gasteiger partial charge in [-0.25, -0.2) is 4.98 Å². The number of rotatable bonds is 6. The van der Waals surface area contributed by atoms with E-state index in [1.807, 2.05) is 28.8 Å². The molecule has 102 valence electrons. The van der Waals surface area contributed by atoms with Crippen LogP contribution >= 0.6 is 12.6 Å². The zero-order valence-corrected chi connectivity index (χ0v) is 12.2. The van der Waals surface area contributed by atoms with Gasteiger partial charge in [-0.05, 0) is 37.7 Å². The van der Waals surface area contributed by atoms with E-state index in [1.165, 1.54) is 6.42 Å². The number of para-hydroxylation sites is 2. The molecule has 19 heavy (non-hydrogen) atoms. The van der Waals surface area contributed by atoms with Crippen LogP contribution in [-0.4, -0.2) is 15.3 Å². The molecule has 0 spiro atoms. The predicted molar refractivity (Wildman–Crippen MR) is 83.1 cm³/mol. The summed E-state index contributed by atoms with van der Waals surface area (Å²) in [6, 6.07) is 7.84. The third kappa shape index (κ3) is 3.38. The van der Waals surface area contributed by atoms with Gasteiger partial charge < -0.3 is 4.57 Å². The third-order valence-corrected chi connectivity index (χ3v) is 3.62. The Morgan fingerprint density at radius 3 is 2.68 bits per heavy atom. The maximum atomic E-state index is 12.2. The zero-order chi connectivity index (χ0) is 13.7. The standard InChI is InChI=1S/C15H20N2OS/c1-12-15(18)17(10-6-2-3-7-11-19)14-9-5-4-8-13(14)16-12/h4-5,8-9,19H,2-3,6-7,10-11H2,1H3. The van der Waals surface area contributed by atoms with E-state index in [2.05, 4.69) is 17.6 Å². The van der Waals surface area contributed by atoms with Crippen LogP contribution in [0.3, 0.4) is 0 Å². The van der Waals surface area contributed by atoms with Gasteiger partial charge in [-0.15, -0.1) is 0 Å². The fraction of sp³-hybridized carbons (Fsp3) is 0.467. The molecule has 0 amide bonds. The molecule has 0 N–H and O–H groups in total.